The average Bonchev–Trinajstić information content (AvgIpc) is 3.34. The number of hydrogen-bond donors (Lipinski definition) is 3. The SMILES string of the molecule is O=C(O)CCc1ccc(-c2csc3c(-c4ccc(NC(=O)Nc5ccccc5Cl)cc4)ncnc23)cc1. The smallest absolute Gasteiger partial charge is 0.323 e. The number of aryl methyl sites for hydroxylation is 1. The van der Waals surface area contributed by atoms with Gasteiger partial charge in [0.2, 0.25) is 0 Å². The molecule has 3 aromatic carbocycles. The molecule has 0 spiro atoms. The molecule has 0 fully saturated rings. The van der Waals surface area contributed by atoms with Crippen LogP contribution in [-0.2, 0) is 11.2 Å². The zero-order chi connectivity index (χ0) is 25.8. The Hall–Kier alpha value is -4.27. The number of aliphatic carboxylic acids is 1. The molecule has 5 rings (SSSR count). The summed E-state index contributed by atoms with van der Waals surface area (Å²) < 4.78 is 0.963. The van der Waals surface area contributed by atoms with Crippen LogP contribution in [0.2, 0.25) is 5.02 Å². The standard InChI is InChI=1S/C28H21ClN4O3S/c29-22-3-1-2-4-23(22)33-28(36)32-20-12-10-19(11-13-20)25-27-26(31-16-30-25)21(15-37-27)18-8-5-17(6-9-18)7-14-24(34)35/h1-6,8-13,15-16H,7,14H2,(H,34,35)(H2,32,33,36). The molecule has 0 aliphatic rings. The molecule has 2 aromatic heterocycles. The van der Waals surface area contributed by atoms with Crippen molar-refractivity contribution in [2.24, 2.45) is 0 Å². The molecular weight excluding hydrogens is 508 g/mol. The number of carbonyl (C=O) groups is 2. The van der Waals surface area contributed by atoms with Crippen molar-refractivity contribution in [2.75, 3.05) is 10.6 Å². The van der Waals surface area contributed by atoms with E-state index in [9.17, 15) is 9.59 Å². The Balaban J connectivity index is 1.33. The van der Waals surface area contributed by atoms with Crippen LogP contribution in [0.1, 0.15) is 12.0 Å². The number of anilines is 2. The molecule has 0 saturated heterocycles. The molecule has 0 bridgehead atoms. The molecule has 2 amide bonds. The highest BCUT2D eigenvalue weighted by Crippen LogP contribution is 2.37. The summed E-state index contributed by atoms with van der Waals surface area (Å²) in [6.45, 7) is 0. The van der Waals surface area contributed by atoms with Crippen LogP contribution in [0.3, 0.4) is 0 Å². The van der Waals surface area contributed by atoms with Gasteiger partial charge < -0.3 is 15.7 Å². The minimum Gasteiger partial charge on any atom is -0.481 e. The van der Waals surface area contributed by atoms with Gasteiger partial charge in [0.05, 0.1) is 26.6 Å². The number of halogens is 1. The number of carboxylic acid groups (broad SMARTS) is 1. The van der Waals surface area contributed by atoms with Crippen LogP contribution in [0, 0.1) is 0 Å². The molecule has 9 heteroatoms. The van der Waals surface area contributed by atoms with Crippen molar-refractivity contribution in [3.63, 3.8) is 0 Å². The number of nitrogens with zero attached hydrogens (tertiary/aromatic N) is 2. The van der Waals surface area contributed by atoms with E-state index in [4.69, 9.17) is 16.7 Å². The third kappa shape index (κ3) is 5.61. The predicted octanol–water partition coefficient (Wildman–Crippen LogP) is 7.34. The maximum absolute atomic E-state index is 12.4. The van der Waals surface area contributed by atoms with Gasteiger partial charge in [-0.3, -0.25) is 4.79 Å². The van der Waals surface area contributed by atoms with E-state index in [1.54, 1.807) is 41.9 Å². The Kier molecular flexibility index (Phi) is 7.11. The van der Waals surface area contributed by atoms with Gasteiger partial charge in [0.1, 0.15) is 6.33 Å². The van der Waals surface area contributed by atoms with E-state index in [1.807, 2.05) is 48.5 Å². The van der Waals surface area contributed by atoms with Crippen LogP contribution in [0.5, 0.6) is 0 Å². The van der Waals surface area contributed by atoms with Crippen LogP contribution in [-0.4, -0.2) is 27.1 Å². The van der Waals surface area contributed by atoms with Crippen LogP contribution in [0.25, 0.3) is 32.6 Å². The lowest BCUT2D eigenvalue weighted by Crippen LogP contribution is -2.19. The molecule has 0 unspecified atom stereocenters. The second kappa shape index (κ2) is 10.8. The van der Waals surface area contributed by atoms with Crippen molar-refractivity contribution >= 4 is 56.5 Å². The number of nitrogens with one attached hydrogen (secondary N) is 2. The minimum atomic E-state index is -0.804. The molecule has 2 heterocycles. The Morgan fingerprint density at radius 3 is 2.35 bits per heavy atom. The van der Waals surface area contributed by atoms with E-state index >= 15 is 0 Å². The Morgan fingerprint density at radius 1 is 0.892 bits per heavy atom. The first-order chi connectivity index (χ1) is 18.0. The number of aromatic nitrogens is 2. The minimum absolute atomic E-state index is 0.109. The van der Waals surface area contributed by atoms with Crippen LogP contribution >= 0.6 is 22.9 Å². The monoisotopic (exact) mass is 528 g/mol. The van der Waals surface area contributed by atoms with Crippen molar-refractivity contribution in [1.82, 2.24) is 9.97 Å². The number of fused-ring (bicyclic) bond motifs is 1. The summed E-state index contributed by atoms with van der Waals surface area (Å²) in [5.74, 6) is -0.804. The summed E-state index contributed by atoms with van der Waals surface area (Å²) in [5.41, 5.74) is 6.73. The second-order valence-electron chi connectivity index (χ2n) is 8.28. The van der Waals surface area contributed by atoms with E-state index < -0.39 is 5.97 Å². The van der Waals surface area contributed by atoms with Gasteiger partial charge in [-0.2, -0.15) is 0 Å². The van der Waals surface area contributed by atoms with E-state index in [-0.39, 0.29) is 12.5 Å². The zero-order valence-electron chi connectivity index (χ0n) is 19.4. The largest absolute Gasteiger partial charge is 0.481 e. The van der Waals surface area contributed by atoms with Gasteiger partial charge in [-0.05, 0) is 41.8 Å². The summed E-state index contributed by atoms with van der Waals surface area (Å²) in [6.07, 6.45) is 2.16. The highest BCUT2D eigenvalue weighted by atomic mass is 35.5. The van der Waals surface area contributed by atoms with Crippen LogP contribution < -0.4 is 10.6 Å². The maximum atomic E-state index is 12.4. The molecule has 0 aliphatic heterocycles. The molecule has 0 radical (unpaired) electrons. The normalized spacial score (nSPS) is 10.8. The van der Waals surface area contributed by atoms with Gasteiger partial charge in [-0.1, -0.05) is 60.1 Å². The number of rotatable bonds is 7. The molecular formula is C28H21ClN4O3S. The van der Waals surface area contributed by atoms with Crippen LogP contribution in [0.15, 0.2) is 84.5 Å². The molecule has 7 nitrogen and oxygen atoms in total. The first-order valence-corrected chi connectivity index (χ1v) is 12.7. The van der Waals surface area contributed by atoms with Crippen molar-refractivity contribution in [1.29, 1.82) is 0 Å². The Bertz CT molecular complexity index is 1580. The fraction of sp³-hybridized carbons (Fsp3) is 0.0714. The number of amides is 2. The van der Waals surface area contributed by atoms with E-state index in [1.165, 1.54) is 0 Å². The first kappa shape index (κ1) is 24.4. The van der Waals surface area contributed by atoms with E-state index in [2.05, 4.69) is 26.0 Å². The molecule has 0 atom stereocenters. The van der Waals surface area contributed by atoms with Crippen LogP contribution in [0.4, 0.5) is 16.2 Å². The summed E-state index contributed by atoms with van der Waals surface area (Å²) in [7, 11) is 0. The summed E-state index contributed by atoms with van der Waals surface area (Å²) in [4.78, 5) is 32.2. The van der Waals surface area contributed by atoms with Gasteiger partial charge in [0, 0.05) is 28.6 Å². The number of benzene rings is 3. The summed E-state index contributed by atoms with van der Waals surface area (Å²) in [6, 6.07) is 22.0. The number of urea groups is 1. The fourth-order valence-corrected chi connectivity index (χ4v) is 5.15. The number of hydrogen-bond acceptors (Lipinski definition) is 5. The molecule has 184 valence electrons. The number of thiophene rings is 1. The summed E-state index contributed by atoms with van der Waals surface area (Å²) in [5, 5.41) is 17.0. The number of carbonyl (C=O) groups excluding carboxylic acids is 1. The van der Waals surface area contributed by atoms with Gasteiger partial charge in [-0.15, -0.1) is 11.3 Å². The lowest BCUT2D eigenvalue weighted by Gasteiger charge is -2.09. The summed E-state index contributed by atoms with van der Waals surface area (Å²) >= 11 is 7.68. The average molecular weight is 529 g/mol. The molecule has 3 N–H and O–H groups in total. The number of carboxylic acids is 1. The fourth-order valence-electron chi connectivity index (χ4n) is 3.92. The third-order valence-corrected chi connectivity index (χ3v) is 7.09. The topological polar surface area (TPSA) is 104 Å². The molecule has 5 aromatic rings. The lowest BCUT2D eigenvalue weighted by molar-refractivity contribution is -0.136. The third-order valence-electron chi connectivity index (χ3n) is 5.78. The number of para-hydroxylation sites is 1. The van der Waals surface area contributed by atoms with E-state index in [0.717, 1.165) is 38.2 Å². The van der Waals surface area contributed by atoms with Gasteiger partial charge in [-0.25, -0.2) is 14.8 Å². The van der Waals surface area contributed by atoms with E-state index in [0.29, 0.717) is 22.8 Å². The highest BCUT2D eigenvalue weighted by Gasteiger charge is 2.14. The lowest BCUT2D eigenvalue weighted by atomic mass is 10.0. The Morgan fingerprint density at radius 2 is 1.62 bits per heavy atom. The molecule has 0 aliphatic carbocycles. The molecule has 0 saturated carbocycles. The van der Waals surface area contributed by atoms with Crippen molar-refractivity contribution in [2.45, 2.75) is 12.8 Å². The van der Waals surface area contributed by atoms with Crippen molar-refractivity contribution < 1.29 is 14.7 Å². The Labute approximate surface area is 221 Å². The molecule has 37 heavy (non-hydrogen) atoms. The highest BCUT2D eigenvalue weighted by molar-refractivity contribution is 7.18. The second-order valence-corrected chi connectivity index (χ2v) is 9.56. The maximum Gasteiger partial charge on any atom is 0.323 e. The van der Waals surface area contributed by atoms with Gasteiger partial charge in [0.15, 0.2) is 0 Å². The van der Waals surface area contributed by atoms with Gasteiger partial charge in [0.25, 0.3) is 0 Å². The predicted molar refractivity (Wildman–Crippen MR) is 148 cm³/mol. The first-order valence-electron chi connectivity index (χ1n) is 11.4. The van der Waals surface area contributed by atoms with Crippen molar-refractivity contribution in [3.8, 4) is 22.4 Å². The van der Waals surface area contributed by atoms with Crippen molar-refractivity contribution in [3.05, 3.63) is 95.1 Å². The van der Waals surface area contributed by atoms with Gasteiger partial charge >= 0.3 is 12.0 Å². The zero-order valence-corrected chi connectivity index (χ0v) is 21.0. The quantitative estimate of drug-likeness (QED) is 0.205.